The monoisotopic (exact) mass is 131 g/mol. The zero-order chi connectivity index (χ0) is 8.28. The molecule has 0 aromatic heterocycles. The molecule has 0 fully saturated rings. The molecule has 0 spiro atoms. The van der Waals surface area contributed by atoms with E-state index in [1.165, 1.54) is 0 Å². The Kier molecular flexibility index (Phi) is 49.6. The molecule has 3 heteroatoms. The minimum atomic E-state index is -0.690. The Labute approximate surface area is 55.5 Å². The van der Waals surface area contributed by atoms with Gasteiger partial charge in [0.2, 0.25) is 5.91 Å². The van der Waals surface area contributed by atoms with Gasteiger partial charge in [-0.3, -0.25) is 4.79 Å². The van der Waals surface area contributed by atoms with Gasteiger partial charge < -0.3 is 10.8 Å². The third-order valence-electron chi connectivity index (χ3n) is 0.156. The van der Waals surface area contributed by atoms with Crippen molar-refractivity contribution in [1.29, 1.82) is 0 Å². The van der Waals surface area contributed by atoms with Crippen molar-refractivity contribution in [1.82, 2.24) is 0 Å². The predicted octanol–water partition coefficient (Wildman–Crippen LogP) is 0.0684. The molecule has 0 aliphatic rings. The van der Waals surface area contributed by atoms with Crippen LogP contribution in [0.15, 0.2) is 26.3 Å². The summed E-state index contributed by atoms with van der Waals surface area (Å²) in [5.74, 6) is -0.690. The second-order valence-corrected chi connectivity index (χ2v) is 0.624. The standard InChI is InChI=1S/C2H5NO2.2C2H4/c3-2(5)1-4;2*1-2/h4H,1H2,(H2,3,5);2*1-2H2. The fourth-order valence-corrected chi connectivity index (χ4v) is 0. The summed E-state index contributed by atoms with van der Waals surface area (Å²) in [6.07, 6.45) is 0. The summed E-state index contributed by atoms with van der Waals surface area (Å²) < 4.78 is 0. The molecular weight excluding hydrogens is 118 g/mol. The number of nitrogens with two attached hydrogens (primary N) is 1. The maximum absolute atomic E-state index is 9.34. The van der Waals surface area contributed by atoms with Crippen molar-refractivity contribution >= 4 is 5.91 Å². The molecular formula is C6H13NO2. The number of aliphatic hydroxyl groups is 1. The van der Waals surface area contributed by atoms with Crippen LogP contribution < -0.4 is 5.73 Å². The first-order valence-corrected chi connectivity index (χ1v) is 2.16. The van der Waals surface area contributed by atoms with E-state index in [1.807, 2.05) is 0 Å². The van der Waals surface area contributed by atoms with Gasteiger partial charge in [-0.1, -0.05) is 0 Å². The van der Waals surface area contributed by atoms with E-state index < -0.39 is 12.5 Å². The highest BCUT2D eigenvalue weighted by molar-refractivity contribution is 5.74. The predicted molar refractivity (Wildman–Crippen MR) is 38.8 cm³/mol. The van der Waals surface area contributed by atoms with E-state index in [-0.39, 0.29) is 0 Å². The molecule has 0 unspecified atom stereocenters. The molecule has 0 aromatic rings. The molecule has 0 aromatic carbocycles. The van der Waals surface area contributed by atoms with Crippen LogP contribution in [0.3, 0.4) is 0 Å². The van der Waals surface area contributed by atoms with Crippen molar-refractivity contribution < 1.29 is 9.90 Å². The van der Waals surface area contributed by atoms with Gasteiger partial charge in [0, 0.05) is 0 Å². The molecule has 54 valence electrons. The topological polar surface area (TPSA) is 63.3 Å². The van der Waals surface area contributed by atoms with E-state index in [4.69, 9.17) is 5.11 Å². The summed E-state index contributed by atoms with van der Waals surface area (Å²) in [6, 6.07) is 0. The van der Waals surface area contributed by atoms with Gasteiger partial charge in [0.1, 0.15) is 6.61 Å². The van der Waals surface area contributed by atoms with E-state index >= 15 is 0 Å². The molecule has 0 bridgehead atoms. The summed E-state index contributed by atoms with van der Waals surface area (Å²) in [7, 11) is 0. The van der Waals surface area contributed by atoms with E-state index in [2.05, 4.69) is 32.0 Å². The van der Waals surface area contributed by atoms with Crippen LogP contribution in [0, 0.1) is 0 Å². The first kappa shape index (κ1) is 15.7. The van der Waals surface area contributed by atoms with Gasteiger partial charge >= 0.3 is 0 Å². The normalized spacial score (nSPS) is 5.00. The van der Waals surface area contributed by atoms with E-state index in [1.54, 1.807) is 0 Å². The minimum absolute atomic E-state index is 0.556. The molecule has 3 N–H and O–H groups in total. The maximum atomic E-state index is 9.34. The molecule has 0 saturated heterocycles. The number of carbonyl (C=O) groups excluding carboxylic acids is 1. The number of rotatable bonds is 1. The van der Waals surface area contributed by atoms with Crippen LogP contribution in [0.1, 0.15) is 0 Å². The fourth-order valence-electron chi connectivity index (χ4n) is 0. The van der Waals surface area contributed by atoms with Crippen LogP contribution in [0.4, 0.5) is 0 Å². The lowest BCUT2D eigenvalue weighted by Crippen LogP contribution is -2.14. The summed E-state index contributed by atoms with van der Waals surface area (Å²) in [5, 5.41) is 7.67. The van der Waals surface area contributed by atoms with Crippen molar-refractivity contribution in [2.75, 3.05) is 6.61 Å². The fraction of sp³-hybridized carbons (Fsp3) is 0.167. The zero-order valence-electron chi connectivity index (χ0n) is 5.47. The summed E-state index contributed by atoms with van der Waals surface area (Å²) in [4.78, 5) is 9.34. The Hall–Kier alpha value is -1.09. The highest BCUT2D eigenvalue weighted by Crippen LogP contribution is 1.42. The maximum Gasteiger partial charge on any atom is 0.243 e. The Bertz CT molecular complexity index is 62.1. The van der Waals surface area contributed by atoms with Crippen LogP contribution in [-0.2, 0) is 4.79 Å². The van der Waals surface area contributed by atoms with Crippen molar-refractivity contribution in [3.8, 4) is 0 Å². The van der Waals surface area contributed by atoms with E-state index in [0.717, 1.165) is 0 Å². The van der Waals surface area contributed by atoms with Gasteiger partial charge in [-0.25, -0.2) is 0 Å². The van der Waals surface area contributed by atoms with Gasteiger partial charge in [-0.05, 0) is 0 Å². The highest BCUT2D eigenvalue weighted by atomic mass is 16.3. The Morgan fingerprint density at radius 1 is 1.33 bits per heavy atom. The zero-order valence-corrected chi connectivity index (χ0v) is 5.47. The second-order valence-electron chi connectivity index (χ2n) is 0.624. The SMILES string of the molecule is C=C.C=C.NC(=O)CO. The van der Waals surface area contributed by atoms with Crippen LogP contribution in [0.5, 0.6) is 0 Å². The van der Waals surface area contributed by atoms with Gasteiger partial charge in [-0.2, -0.15) is 0 Å². The Balaban J connectivity index is -0.0000000771. The van der Waals surface area contributed by atoms with Crippen molar-refractivity contribution in [3.05, 3.63) is 26.3 Å². The van der Waals surface area contributed by atoms with Crippen LogP contribution in [0.25, 0.3) is 0 Å². The van der Waals surface area contributed by atoms with Gasteiger partial charge in [-0.15, -0.1) is 26.3 Å². The molecule has 0 heterocycles. The number of primary amides is 1. The molecule has 1 amide bonds. The van der Waals surface area contributed by atoms with Gasteiger partial charge in [0.25, 0.3) is 0 Å². The third kappa shape index (κ3) is 201. The number of amides is 1. The molecule has 9 heavy (non-hydrogen) atoms. The lowest BCUT2D eigenvalue weighted by molar-refractivity contribution is -0.120. The summed E-state index contributed by atoms with van der Waals surface area (Å²) in [5.41, 5.74) is 4.40. The van der Waals surface area contributed by atoms with Crippen LogP contribution in [-0.4, -0.2) is 17.6 Å². The molecule has 0 aliphatic heterocycles. The summed E-state index contributed by atoms with van der Waals surface area (Å²) in [6.45, 7) is 11.4. The minimum Gasteiger partial charge on any atom is -0.387 e. The molecule has 0 saturated carbocycles. The van der Waals surface area contributed by atoms with Crippen LogP contribution in [0.2, 0.25) is 0 Å². The first-order chi connectivity index (χ1) is 4.27. The van der Waals surface area contributed by atoms with E-state index in [9.17, 15) is 4.79 Å². The van der Waals surface area contributed by atoms with Crippen molar-refractivity contribution in [2.45, 2.75) is 0 Å². The number of hydrogen-bond donors (Lipinski definition) is 2. The third-order valence-corrected chi connectivity index (χ3v) is 0.156. The van der Waals surface area contributed by atoms with Crippen molar-refractivity contribution in [2.24, 2.45) is 5.73 Å². The summed E-state index contributed by atoms with van der Waals surface area (Å²) >= 11 is 0. The first-order valence-electron chi connectivity index (χ1n) is 2.16. The molecule has 0 atom stereocenters. The average molecular weight is 131 g/mol. The quantitative estimate of drug-likeness (QED) is 0.494. The van der Waals surface area contributed by atoms with Gasteiger partial charge in [0.05, 0.1) is 0 Å². The Morgan fingerprint density at radius 3 is 1.44 bits per heavy atom. The molecule has 0 radical (unpaired) electrons. The van der Waals surface area contributed by atoms with Crippen LogP contribution >= 0.6 is 0 Å². The average Bonchev–Trinajstić information content (AvgIpc) is 1.97. The number of hydrogen-bond acceptors (Lipinski definition) is 2. The smallest absolute Gasteiger partial charge is 0.243 e. The number of aliphatic hydroxyl groups excluding tert-OH is 1. The molecule has 0 aliphatic carbocycles. The molecule has 3 nitrogen and oxygen atoms in total. The second kappa shape index (κ2) is 28.5. The highest BCUT2D eigenvalue weighted by Gasteiger charge is 1.78. The number of carbonyl (C=O) groups is 1. The Morgan fingerprint density at radius 2 is 1.44 bits per heavy atom. The van der Waals surface area contributed by atoms with Gasteiger partial charge in [0.15, 0.2) is 0 Å². The largest absolute Gasteiger partial charge is 0.387 e. The van der Waals surface area contributed by atoms with E-state index in [0.29, 0.717) is 0 Å². The lowest BCUT2D eigenvalue weighted by Gasteiger charge is -1.73. The molecule has 0 rings (SSSR count). The van der Waals surface area contributed by atoms with Crippen molar-refractivity contribution in [3.63, 3.8) is 0 Å². The lowest BCUT2D eigenvalue weighted by atomic mass is 10.7.